The van der Waals surface area contributed by atoms with E-state index in [1.807, 2.05) is 31.2 Å². The van der Waals surface area contributed by atoms with Crippen molar-refractivity contribution >= 4 is 22.0 Å². The van der Waals surface area contributed by atoms with Crippen molar-refractivity contribution in [2.24, 2.45) is 0 Å². The summed E-state index contributed by atoms with van der Waals surface area (Å²) in [6.07, 6.45) is 0.0412. The van der Waals surface area contributed by atoms with Crippen molar-refractivity contribution < 1.29 is 14.6 Å². The molecule has 6 heteroatoms. The van der Waals surface area contributed by atoms with Gasteiger partial charge in [-0.05, 0) is 25.0 Å². The van der Waals surface area contributed by atoms with Crippen molar-refractivity contribution in [3.63, 3.8) is 0 Å². The molecule has 5 nitrogen and oxygen atoms in total. The number of nitrogens with one attached hydrogen (secondary N) is 2. The number of halogens is 1. The summed E-state index contributed by atoms with van der Waals surface area (Å²) in [5, 5.41) is 14.9. The lowest BCUT2D eigenvalue weighted by molar-refractivity contribution is 0.0659. The average molecular weight is 345 g/mol. The molecule has 20 heavy (non-hydrogen) atoms. The molecule has 2 unspecified atom stereocenters. The Morgan fingerprint density at radius 2 is 2.15 bits per heavy atom. The van der Waals surface area contributed by atoms with Crippen LogP contribution in [-0.4, -0.2) is 43.5 Å². The second kappa shape index (κ2) is 8.94. The molecule has 1 rings (SSSR count). The highest BCUT2D eigenvalue weighted by molar-refractivity contribution is 9.10. The number of carbonyl (C=O) groups excluding carboxylic acids is 1. The minimum Gasteiger partial charge on any atom is -0.389 e. The number of ether oxygens (including phenoxy) is 1. The van der Waals surface area contributed by atoms with Gasteiger partial charge in [-0.25, -0.2) is 4.79 Å². The van der Waals surface area contributed by atoms with Gasteiger partial charge in [-0.3, -0.25) is 0 Å². The number of aliphatic hydroxyl groups is 1. The largest absolute Gasteiger partial charge is 0.389 e. The lowest BCUT2D eigenvalue weighted by Gasteiger charge is -2.16. The number of urea groups is 1. The van der Waals surface area contributed by atoms with Crippen molar-refractivity contribution in [2.75, 3.05) is 20.3 Å². The first-order chi connectivity index (χ1) is 9.52. The van der Waals surface area contributed by atoms with Gasteiger partial charge in [0, 0.05) is 24.2 Å². The third-order valence-corrected chi connectivity index (χ3v) is 3.49. The minimum atomic E-state index is -0.690. The zero-order chi connectivity index (χ0) is 15.0. The summed E-state index contributed by atoms with van der Waals surface area (Å²) in [5.41, 5.74) is 1.14. The molecule has 0 saturated carbocycles. The second-order valence-corrected chi connectivity index (χ2v) is 5.51. The molecule has 1 aromatic rings. The summed E-state index contributed by atoms with van der Waals surface area (Å²) in [6, 6.07) is 7.61. The van der Waals surface area contributed by atoms with Crippen LogP contribution in [0.25, 0.3) is 0 Å². The van der Waals surface area contributed by atoms with Crippen LogP contribution in [0.2, 0.25) is 0 Å². The van der Waals surface area contributed by atoms with E-state index in [1.165, 1.54) is 7.11 Å². The number of hydrogen-bond acceptors (Lipinski definition) is 3. The Labute approximate surface area is 127 Å². The Morgan fingerprint density at radius 3 is 2.80 bits per heavy atom. The summed E-state index contributed by atoms with van der Waals surface area (Å²) in [7, 11) is 1.50. The minimum absolute atomic E-state index is 0.00623. The number of methoxy groups -OCH3 is 1. The number of aliphatic hydroxyl groups excluding tert-OH is 1. The summed E-state index contributed by atoms with van der Waals surface area (Å²) in [4.78, 5) is 11.7. The number of hydrogen-bond donors (Lipinski definition) is 3. The molecule has 1 aromatic carbocycles. The standard InChI is InChI=1S/C14H21BrN2O3/c1-10(7-11-5-3-4-6-13(11)15)17-14(19)16-8-12(18)9-20-2/h3-6,10,12,18H,7-9H2,1-2H3,(H2,16,17,19). The van der Waals surface area contributed by atoms with Crippen LogP contribution in [-0.2, 0) is 11.2 Å². The van der Waals surface area contributed by atoms with Crippen molar-refractivity contribution in [1.29, 1.82) is 0 Å². The normalized spacial score (nSPS) is 13.6. The van der Waals surface area contributed by atoms with Crippen LogP contribution in [0.3, 0.4) is 0 Å². The first kappa shape index (κ1) is 16.9. The second-order valence-electron chi connectivity index (χ2n) is 4.66. The van der Waals surface area contributed by atoms with E-state index < -0.39 is 6.10 Å². The van der Waals surface area contributed by atoms with E-state index in [1.54, 1.807) is 0 Å². The molecule has 0 aliphatic heterocycles. The Morgan fingerprint density at radius 1 is 1.45 bits per heavy atom. The van der Waals surface area contributed by atoms with Gasteiger partial charge in [0.15, 0.2) is 0 Å². The molecule has 0 aromatic heterocycles. The molecule has 0 spiro atoms. The summed E-state index contributed by atoms with van der Waals surface area (Å²) >= 11 is 3.48. The third kappa shape index (κ3) is 6.36. The van der Waals surface area contributed by atoms with E-state index in [-0.39, 0.29) is 25.2 Å². The van der Waals surface area contributed by atoms with Crippen LogP contribution >= 0.6 is 15.9 Å². The Kier molecular flexibility index (Phi) is 7.58. The molecular formula is C14H21BrN2O3. The van der Waals surface area contributed by atoms with Gasteiger partial charge in [-0.2, -0.15) is 0 Å². The molecule has 112 valence electrons. The van der Waals surface area contributed by atoms with Gasteiger partial charge in [0.25, 0.3) is 0 Å². The van der Waals surface area contributed by atoms with Gasteiger partial charge in [0.2, 0.25) is 0 Å². The zero-order valence-electron chi connectivity index (χ0n) is 11.7. The molecule has 0 aliphatic carbocycles. The van der Waals surface area contributed by atoms with E-state index in [0.717, 1.165) is 16.5 Å². The Bertz CT molecular complexity index is 429. The van der Waals surface area contributed by atoms with E-state index in [2.05, 4.69) is 26.6 Å². The molecule has 2 amide bonds. The summed E-state index contributed by atoms with van der Waals surface area (Å²) in [5.74, 6) is 0. The van der Waals surface area contributed by atoms with Crippen molar-refractivity contribution in [3.8, 4) is 0 Å². The topological polar surface area (TPSA) is 70.6 Å². The fraction of sp³-hybridized carbons (Fsp3) is 0.500. The zero-order valence-corrected chi connectivity index (χ0v) is 13.3. The Hall–Kier alpha value is -1.11. The van der Waals surface area contributed by atoms with Crippen LogP contribution in [0, 0.1) is 0 Å². The number of amides is 2. The maximum Gasteiger partial charge on any atom is 0.315 e. The predicted molar refractivity (Wildman–Crippen MR) is 81.7 cm³/mol. The highest BCUT2D eigenvalue weighted by Gasteiger charge is 2.11. The van der Waals surface area contributed by atoms with Crippen molar-refractivity contribution in [2.45, 2.75) is 25.5 Å². The van der Waals surface area contributed by atoms with Crippen LogP contribution in [0.4, 0.5) is 4.79 Å². The van der Waals surface area contributed by atoms with Crippen LogP contribution < -0.4 is 10.6 Å². The molecule has 2 atom stereocenters. The highest BCUT2D eigenvalue weighted by atomic mass is 79.9. The lowest BCUT2D eigenvalue weighted by atomic mass is 10.1. The van der Waals surface area contributed by atoms with Gasteiger partial charge >= 0.3 is 6.03 Å². The molecule has 0 saturated heterocycles. The molecule has 0 radical (unpaired) electrons. The lowest BCUT2D eigenvalue weighted by Crippen LogP contribution is -2.44. The quantitative estimate of drug-likeness (QED) is 0.704. The van der Waals surface area contributed by atoms with E-state index in [0.29, 0.717) is 0 Å². The van der Waals surface area contributed by atoms with Crippen LogP contribution in [0.1, 0.15) is 12.5 Å². The molecule has 0 fully saturated rings. The number of rotatable bonds is 7. The number of benzene rings is 1. The molecule has 3 N–H and O–H groups in total. The SMILES string of the molecule is COCC(O)CNC(=O)NC(C)Cc1ccccc1Br. The first-order valence-corrected chi connectivity index (χ1v) is 7.27. The third-order valence-electron chi connectivity index (χ3n) is 2.72. The van der Waals surface area contributed by atoms with Gasteiger partial charge in [-0.1, -0.05) is 34.1 Å². The van der Waals surface area contributed by atoms with E-state index in [4.69, 9.17) is 4.74 Å². The fourth-order valence-electron chi connectivity index (χ4n) is 1.78. The number of carbonyl (C=O) groups is 1. The Balaban J connectivity index is 2.33. The summed E-state index contributed by atoms with van der Waals surface area (Å²) in [6.45, 7) is 2.30. The first-order valence-electron chi connectivity index (χ1n) is 6.47. The van der Waals surface area contributed by atoms with E-state index in [9.17, 15) is 9.90 Å². The van der Waals surface area contributed by atoms with Crippen LogP contribution in [0.5, 0.6) is 0 Å². The predicted octanol–water partition coefficient (Wildman–Crippen LogP) is 1.69. The van der Waals surface area contributed by atoms with Gasteiger partial charge in [0.1, 0.15) is 0 Å². The smallest absolute Gasteiger partial charge is 0.315 e. The van der Waals surface area contributed by atoms with Gasteiger partial charge in [0.05, 0.1) is 12.7 Å². The van der Waals surface area contributed by atoms with Crippen molar-refractivity contribution in [3.05, 3.63) is 34.3 Å². The fourth-order valence-corrected chi connectivity index (χ4v) is 2.23. The van der Waals surface area contributed by atoms with Crippen LogP contribution in [0.15, 0.2) is 28.7 Å². The van der Waals surface area contributed by atoms with Gasteiger partial charge in [-0.15, -0.1) is 0 Å². The van der Waals surface area contributed by atoms with E-state index >= 15 is 0 Å². The average Bonchev–Trinajstić information content (AvgIpc) is 2.39. The molecule has 0 aliphatic rings. The monoisotopic (exact) mass is 344 g/mol. The van der Waals surface area contributed by atoms with Crippen molar-refractivity contribution in [1.82, 2.24) is 10.6 Å². The molecule has 0 heterocycles. The maximum atomic E-state index is 11.7. The van der Waals surface area contributed by atoms with Gasteiger partial charge < -0.3 is 20.5 Å². The maximum absolute atomic E-state index is 11.7. The molecule has 0 bridgehead atoms. The molecular weight excluding hydrogens is 324 g/mol. The summed E-state index contributed by atoms with van der Waals surface area (Å²) < 4.78 is 5.81. The highest BCUT2D eigenvalue weighted by Crippen LogP contribution is 2.17.